The van der Waals surface area contributed by atoms with E-state index in [1.807, 2.05) is 25.1 Å². The Kier molecular flexibility index (Phi) is 4.34. The van der Waals surface area contributed by atoms with Crippen LogP contribution in [-0.4, -0.2) is 12.4 Å². The predicted molar refractivity (Wildman–Crippen MR) is 80.8 cm³/mol. The lowest BCUT2D eigenvalue weighted by molar-refractivity contribution is 0.0838. The molecule has 0 aromatic heterocycles. The van der Waals surface area contributed by atoms with Gasteiger partial charge in [-0.05, 0) is 59.3 Å². The van der Waals surface area contributed by atoms with Crippen LogP contribution in [0.25, 0.3) is 0 Å². The third-order valence-corrected chi connectivity index (χ3v) is 4.75. The Morgan fingerprint density at radius 2 is 2.21 bits per heavy atom. The third kappa shape index (κ3) is 3.02. The van der Waals surface area contributed by atoms with Gasteiger partial charge in [0.25, 0.3) is 0 Å². The van der Waals surface area contributed by atoms with E-state index in [0.717, 1.165) is 35.0 Å². The van der Waals surface area contributed by atoms with Gasteiger partial charge in [0.1, 0.15) is 5.75 Å². The number of Topliss-reactive ketones (excluding diaryl/α,β-unsaturated/α-hetero) is 1. The van der Waals surface area contributed by atoms with Crippen molar-refractivity contribution in [1.82, 2.24) is 0 Å². The molecule has 0 spiro atoms. The van der Waals surface area contributed by atoms with Crippen LogP contribution >= 0.6 is 15.9 Å². The van der Waals surface area contributed by atoms with Crippen molar-refractivity contribution in [2.75, 3.05) is 6.61 Å². The third-order valence-electron chi connectivity index (χ3n) is 4.09. The lowest BCUT2D eigenvalue weighted by Crippen LogP contribution is -2.26. The fourth-order valence-electron chi connectivity index (χ4n) is 2.95. The van der Waals surface area contributed by atoms with Gasteiger partial charge in [0, 0.05) is 16.0 Å². The van der Waals surface area contributed by atoms with E-state index in [1.165, 1.54) is 0 Å². The molecule has 1 atom stereocenters. The fraction of sp³-hybridized carbons (Fsp3) is 0.562. The van der Waals surface area contributed by atoms with Gasteiger partial charge in [0.05, 0.1) is 6.61 Å². The number of rotatable bonds is 4. The van der Waals surface area contributed by atoms with Crippen molar-refractivity contribution in [2.24, 2.45) is 11.3 Å². The number of hydrogen-bond acceptors (Lipinski definition) is 2. The summed E-state index contributed by atoms with van der Waals surface area (Å²) >= 11 is 3.50. The summed E-state index contributed by atoms with van der Waals surface area (Å²) in [5.41, 5.74) is 0.901. The zero-order valence-corrected chi connectivity index (χ0v) is 13.4. The summed E-state index contributed by atoms with van der Waals surface area (Å²) in [4.78, 5) is 12.7. The van der Waals surface area contributed by atoms with Crippen LogP contribution in [0.1, 0.15) is 50.4 Å². The highest BCUT2D eigenvalue weighted by Gasteiger charge is 2.39. The Morgan fingerprint density at radius 3 is 2.74 bits per heavy atom. The highest BCUT2D eigenvalue weighted by atomic mass is 79.9. The van der Waals surface area contributed by atoms with Crippen molar-refractivity contribution in [2.45, 2.75) is 40.0 Å². The monoisotopic (exact) mass is 324 g/mol. The number of ketones is 1. The molecule has 1 unspecified atom stereocenters. The van der Waals surface area contributed by atoms with Crippen molar-refractivity contribution >= 4 is 21.7 Å². The molecule has 1 saturated carbocycles. The molecule has 1 aliphatic rings. The molecule has 1 aromatic rings. The molecule has 1 fully saturated rings. The van der Waals surface area contributed by atoms with E-state index in [9.17, 15) is 4.79 Å². The summed E-state index contributed by atoms with van der Waals surface area (Å²) < 4.78 is 6.29. The number of hydrogen-bond donors (Lipinski definition) is 0. The minimum Gasteiger partial charge on any atom is -0.494 e. The topological polar surface area (TPSA) is 26.3 Å². The van der Waals surface area contributed by atoms with Crippen LogP contribution in [0.15, 0.2) is 22.7 Å². The van der Waals surface area contributed by atoms with E-state index in [0.29, 0.717) is 6.61 Å². The van der Waals surface area contributed by atoms with E-state index < -0.39 is 0 Å². The zero-order chi connectivity index (χ0) is 14.0. The second-order valence-electron chi connectivity index (χ2n) is 5.87. The smallest absolute Gasteiger partial charge is 0.167 e. The van der Waals surface area contributed by atoms with Crippen molar-refractivity contribution in [3.8, 4) is 5.75 Å². The van der Waals surface area contributed by atoms with Crippen molar-refractivity contribution < 1.29 is 9.53 Å². The Hall–Kier alpha value is -0.830. The molecule has 0 heterocycles. The Bertz CT molecular complexity index is 480. The maximum Gasteiger partial charge on any atom is 0.167 e. The van der Waals surface area contributed by atoms with Crippen LogP contribution in [0.2, 0.25) is 0 Å². The quantitative estimate of drug-likeness (QED) is 0.739. The molecule has 2 nitrogen and oxygen atoms in total. The minimum absolute atomic E-state index is 0.120. The molecule has 3 heteroatoms. The maximum atomic E-state index is 12.7. The average molecular weight is 325 g/mol. The number of benzene rings is 1. The first-order chi connectivity index (χ1) is 8.95. The normalized spacial score (nSPS) is 21.4. The molecule has 0 radical (unpaired) electrons. The first kappa shape index (κ1) is 14.6. The highest BCUT2D eigenvalue weighted by Crippen LogP contribution is 2.44. The molecule has 0 bridgehead atoms. The molecule has 19 heavy (non-hydrogen) atoms. The van der Waals surface area contributed by atoms with E-state index in [1.54, 1.807) is 0 Å². The number of carbonyl (C=O) groups excluding carboxylic acids is 1. The SMILES string of the molecule is CCOc1ccc(C(=O)C2CCCC2(C)C)c(Br)c1. The molecule has 104 valence electrons. The van der Waals surface area contributed by atoms with E-state index in [-0.39, 0.29) is 17.1 Å². The van der Waals surface area contributed by atoms with E-state index >= 15 is 0 Å². The molecule has 1 aliphatic carbocycles. The van der Waals surface area contributed by atoms with Crippen LogP contribution in [0.4, 0.5) is 0 Å². The first-order valence-corrected chi connectivity index (χ1v) is 7.71. The Labute approximate surface area is 123 Å². The summed E-state index contributed by atoms with van der Waals surface area (Å²) in [7, 11) is 0. The lowest BCUT2D eigenvalue weighted by atomic mass is 9.78. The number of ether oxygens (including phenoxy) is 1. The second kappa shape index (κ2) is 5.66. The van der Waals surface area contributed by atoms with Crippen LogP contribution in [0, 0.1) is 11.3 Å². The fourth-order valence-corrected chi connectivity index (χ4v) is 3.51. The van der Waals surface area contributed by atoms with Crippen LogP contribution < -0.4 is 4.74 Å². The molecule has 2 rings (SSSR count). The first-order valence-electron chi connectivity index (χ1n) is 6.92. The van der Waals surface area contributed by atoms with Crippen molar-refractivity contribution in [3.05, 3.63) is 28.2 Å². The number of carbonyl (C=O) groups is 1. The Morgan fingerprint density at radius 1 is 1.47 bits per heavy atom. The average Bonchev–Trinajstić information content (AvgIpc) is 2.69. The summed E-state index contributed by atoms with van der Waals surface area (Å²) in [5.74, 6) is 1.20. The van der Waals surface area contributed by atoms with Crippen molar-refractivity contribution in [3.63, 3.8) is 0 Å². The molecule has 0 aliphatic heterocycles. The van der Waals surface area contributed by atoms with Crippen LogP contribution in [-0.2, 0) is 0 Å². The summed E-state index contributed by atoms with van der Waals surface area (Å²) in [5, 5.41) is 0. The molecule has 0 saturated heterocycles. The van der Waals surface area contributed by atoms with Gasteiger partial charge >= 0.3 is 0 Å². The molecular formula is C16H21BrO2. The second-order valence-corrected chi connectivity index (χ2v) is 6.73. The summed E-state index contributed by atoms with van der Waals surface area (Å²) in [6, 6.07) is 5.65. The van der Waals surface area contributed by atoms with Gasteiger partial charge in [0.15, 0.2) is 5.78 Å². The number of halogens is 1. The largest absolute Gasteiger partial charge is 0.494 e. The van der Waals surface area contributed by atoms with Crippen LogP contribution in [0.5, 0.6) is 5.75 Å². The van der Waals surface area contributed by atoms with Gasteiger partial charge in [-0.1, -0.05) is 20.3 Å². The van der Waals surface area contributed by atoms with Gasteiger partial charge in [-0.2, -0.15) is 0 Å². The lowest BCUT2D eigenvalue weighted by Gasteiger charge is -2.26. The molecule has 0 amide bonds. The standard InChI is InChI=1S/C16H21BrO2/c1-4-19-11-7-8-12(14(17)10-11)15(18)13-6-5-9-16(13,2)3/h7-8,10,13H,4-6,9H2,1-3H3. The van der Waals surface area contributed by atoms with E-state index in [4.69, 9.17) is 4.74 Å². The van der Waals surface area contributed by atoms with Gasteiger partial charge in [0.2, 0.25) is 0 Å². The van der Waals surface area contributed by atoms with Crippen LogP contribution in [0.3, 0.4) is 0 Å². The predicted octanol–water partition coefficient (Wildman–Crippen LogP) is 4.86. The molecule has 0 N–H and O–H groups in total. The van der Waals surface area contributed by atoms with E-state index in [2.05, 4.69) is 29.8 Å². The maximum absolute atomic E-state index is 12.7. The molecule has 1 aromatic carbocycles. The van der Waals surface area contributed by atoms with Gasteiger partial charge < -0.3 is 4.74 Å². The summed E-state index contributed by atoms with van der Waals surface area (Å²) in [6.45, 7) is 6.99. The van der Waals surface area contributed by atoms with Gasteiger partial charge in [-0.15, -0.1) is 0 Å². The highest BCUT2D eigenvalue weighted by molar-refractivity contribution is 9.10. The minimum atomic E-state index is 0.120. The molecular weight excluding hydrogens is 304 g/mol. The summed E-state index contributed by atoms with van der Waals surface area (Å²) in [6.07, 6.45) is 3.29. The van der Waals surface area contributed by atoms with Crippen molar-refractivity contribution in [1.29, 1.82) is 0 Å². The Balaban J connectivity index is 2.24. The van der Waals surface area contributed by atoms with Gasteiger partial charge in [-0.3, -0.25) is 4.79 Å². The van der Waals surface area contributed by atoms with Gasteiger partial charge in [-0.25, -0.2) is 0 Å². The zero-order valence-electron chi connectivity index (χ0n) is 11.8.